The summed E-state index contributed by atoms with van der Waals surface area (Å²) in [6.07, 6.45) is 1.58. The third kappa shape index (κ3) is 1.15. The van der Waals surface area contributed by atoms with Crippen molar-refractivity contribution in [3.63, 3.8) is 0 Å². The number of β-lactam (4-membered cyclic amide) rings is 1. The van der Waals surface area contributed by atoms with Crippen molar-refractivity contribution >= 4 is 23.6 Å². The molecule has 0 aliphatic carbocycles. The molecule has 1 amide bonds. The number of thioether (sulfide) groups is 1. The van der Waals surface area contributed by atoms with E-state index in [-0.39, 0.29) is 11.3 Å². The molecule has 0 radical (unpaired) electrons. The van der Waals surface area contributed by atoms with E-state index < -0.39 is 22.8 Å². The zero-order valence-corrected chi connectivity index (χ0v) is 9.03. The molecule has 2 aliphatic rings. The zero-order valence-electron chi connectivity index (χ0n) is 8.21. The summed E-state index contributed by atoms with van der Waals surface area (Å²) in [6, 6.07) is -1.42. The van der Waals surface area contributed by atoms with Crippen LogP contribution >= 0.6 is 11.8 Å². The molecule has 5 nitrogen and oxygen atoms in total. The average Bonchev–Trinajstić information content (AvgIpc) is 2.49. The van der Waals surface area contributed by atoms with Gasteiger partial charge in [-0.05, 0) is 6.92 Å². The third-order valence-electron chi connectivity index (χ3n) is 2.96. The molecule has 6 heteroatoms. The zero-order chi connectivity index (χ0) is 11.4. The summed E-state index contributed by atoms with van der Waals surface area (Å²) in [5.41, 5.74) is 5.61. The van der Waals surface area contributed by atoms with Crippen molar-refractivity contribution in [3.05, 3.63) is 12.7 Å². The molecule has 3 N–H and O–H groups in total. The van der Waals surface area contributed by atoms with Crippen LogP contribution in [-0.4, -0.2) is 44.1 Å². The summed E-state index contributed by atoms with van der Waals surface area (Å²) in [6.45, 7) is 5.40. The highest BCUT2D eigenvalue weighted by Gasteiger charge is 2.63. The molecule has 0 spiro atoms. The minimum atomic E-state index is -1.01. The summed E-state index contributed by atoms with van der Waals surface area (Å²) in [7, 11) is 0. The van der Waals surface area contributed by atoms with Gasteiger partial charge in [0.1, 0.15) is 17.5 Å². The van der Waals surface area contributed by atoms with Crippen LogP contribution in [0.5, 0.6) is 0 Å². The first-order chi connectivity index (χ1) is 6.92. The number of carboxylic acids is 1. The van der Waals surface area contributed by atoms with E-state index >= 15 is 0 Å². The first kappa shape index (κ1) is 10.5. The van der Waals surface area contributed by atoms with Crippen molar-refractivity contribution in [2.24, 2.45) is 5.73 Å². The molecular formula is C9H12N2O3S. The first-order valence-electron chi connectivity index (χ1n) is 4.54. The van der Waals surface area contributed by atoms with Gasteiger partial charge in [-0.15, -0.1) is 18.3 Å². The second kappa shape index (κ2) is 2.99. The number of rotatable bonds is 2. The summed E-state index contributed by atoms with van der Waals surface area (Å²) in [5.74, 6) is -1.29. The van der Waals surface area contributed by atoms with Gasteiger partial charge in [0.15, 0.2) is 0 Å². The standard InChI is InChI=1S/C9H12N2O3S/c1-3-9(2)5(8(13)14)11-6(12)4(10)7(11)15-9/h3-5,7H,1,10H2,2H3,(H,13,14)/t4-,5?,7+,9-/m1/s1. The molecule has 0 aromatic heterocycles. The van der Waals surface area contributed by atoms with Gasteiger partial charge in [0, 0.05) is 0 Å². The smallest absolute Gasteiger partial charge is 0.328 e. The normalized spacial score (nSPS) is 43.5. The van der Waals surface area contributed by atoms with Crippen LogP contribution in [0.15, 0.2) is 12.7 Å². The Morgan fingerprint density at radius 2 is 2.40 bits per heavy atom. The number of hydrogen-bond donors (Lipinski definition) is 2. The quantitative estimate of drug-likeness (QED) is 0.497. The number of carbonyl (C=O) groups excluding carboxylic acids is 1. The predicted octanol–water partition coefficient (Wildman–Crippen LogP) is -0.373. The molecule has 15 heavy (non-hydrogen) atoms. The van der Waals surface area contributed by atoms with E-state index in [1.165, 1.54) is 16.7 Å². The van der Waals surface area contributed by atoms with Crippen LogP contribution in [0.4, 0.5) is 0 Å². The fourth-order valence-electron chi connectivity index (χ4n) is 2.04. The Hall–Kier alpha value is -1.01. The Morgan fingerprint density at radius 1 is 1.80 bits per heavy atom. The van der Waals surface area contributed by atoms with E-state index in [0.29, 0.717) is 0 Å². The SMILES string of the molecule is C=C[C@@]1(C)S[C@H]2[C@H](N)C(=O)N2C1C(=O)O. The fourth-order valence-corrected chi connectivity index (χ4v) is 3.60. The van der Waals surface area contributed by atoms with Crippen molar-refractivity contribution in [2.45, 2.75) is 29.1 Å². The molecule has 0 aromatic carbocycles. The van der Waals surface area contributed by atoms with Crippen LogP contribution in [0, 0.1) is 0 Å². The predicted molar refractivity (Wildman–Crippen MR) is 56.2 cm³/mol. The van der Waals surface area contributed by atoms with Gasteiger partial charge in [0.05, 0.1) is 4.75 Å². The van der Waals surface area contributed by atoms with Crippen molar-refractivity contribution in [1.29, 1.82) is 0 Å². The lowest BCUT2D eigenvalue weighted by atomic mass is 9.95. The molecular weight excluding hydrogens is 216 g/mol. The number of hydrogen-bond acceptors (Lipinski definition) is 4. The minimum absolute atomic E-state index is 0.221. The highest BCUT2D eigenvalue weighted by atomic mass is 32.2. The first-order valence-corrected chi connectivity index (χ1v) is 5.42. The Labute approximate surface area is 91.3 Å². The van der Waals surface area contributed by atoms with Gasteiger partial charge in [-0.3, -0.25) is 4.79 Å². The summed E-state index contributed by atoms with van der Waals surface area (Å²) in [5, 5.41) is 8.89. The second-order valence-electron chi connectivity index (χ2n) is 3.91. The van der Waals surface area contributed by atoms with Crippen LogP contribution in [0.3, 0.4) is 0 Å². The molecule has 0 saturated carbocycles. The van der Waals surface area contributed by atoms with Crippen molar-refractivity contribution < 1.29 is 14.7 Å². The van der Waals surface area contributed by atoms with Crippen LogP contribution in [0.2, 0.25) is 0 Å². The Balaban J connectivity index is 2.37. The lowest BCUT2D eigenvalue weighted by molar-refractivity contribution is -0.158. The van der Waals surface area contributed by atoms with E-state index in [2.05, 4.69) is 6.58 Å². The van der Waals surface area contributed by atoms with Gasteiger partial charge >= 0.3 is 5.97 Å². The molecule has 0 bridgehead atoms. The molecule has 4 atom stereocenters. The van der Waals surface area contributed by atoms with Gasteiger partial charge in [0.25, 0.3) is 0 Å². The topological polar surface area (TPSA) is 83.6 Å². The van der Waals surface area contributed by atoms with Crippen LogP contribution in [-0.2, 0) is 9.59 Å². The van der Waals surface area contributed by atoms with Crippen molar-refractivity contribution in [2.75, 3.05) is 0 Å². The Bertz CT molecular complexity index is 359. The maximum Gasteiger partial charge on any atom is 0.328 e. The number of amides is 1. The third-order valence-corrected chi connectivity index (χ3v) is 4.62. The van der Waals surface area contributed by atoms with E-state index in [4.69, 9.17) is 10.8 Å². The highest BCUT2D eigenvalue weighted by Crippen LogP contribution is 2.50. The van der Waals surface area contributed by atoms with E-state index in [0.717, 1.165) is 0 Å². The molecule has 1 unspecified atom stereocenters. The number of fused-ring (bicyclic) bond motifs is 1. The summed E-state index contributed by atoms with van der Waals surface area (Å²) < 4.78 is -0.652. The van der Waals surface area contributed by atoms with Gasteiger partial charge in [0.2, 0.25) is 5.91 Å². The van der Waals surface area contributed by atoms with Gasteiger partial charge in [-0.1, -0.05) is 6.08 Å². The molecule has 2 rings (SSSR count). The molecule has 82 valence electrons. The Kier molecular flexibility index (Phi) is 2.09. The van der Waals surface area contributed by atoms with E-state index in [9.17, 15) is 9.59 Å². The summed E-state index contributed by atoms with van der Waals surface area (Å²) in [4.78, 5) is 23.9. The van der Waals surface area contributed by atoms with Gasteiger partial charge in [-0.2, -0.15) is 0 Å². The van der Waals surface area contributed by atoms with E-state index in [1.807, 2.05) is 0 Å². The number of nitrogens with zero attached hydrogens (tertiary/aromatic N) is 1. The van der Waals surface area contributed by atoms with Gasteiger partial charge in [-0.25, -0.2) is 4.79 Å². The number of carbonyl (C=O) groups is 2. The van der Waals surface area contributed by atoms with E-state index in [1.54, 1.807) is 13.0 Å². The van der Waals surface area contributed by atoms with Gasteiger partial charge < -0.3 is 15.7 Å². The van der Waals surface area contributed by atoms with Crippen LogP contribution < -0.4 is 5.73 Å². The van der Waals surface area contributed by atoms with Crippen LogP contribution in [0.25, 0.3) is 0 Å². The maximum absolute atomic E-state index is 11.5. The lowest BCUT2D eigenvalue weighted by Gasteiger charge is -2.41. The lowest BCUT2D eigenvalue weighted by Crippen LogP contribution is -2.68. The number of carboxylic acid groups (broad SMARTS) is 1. The van der Waals surface area contributed by atoms with Crippen LogP contribution in [0.1, 0.15) is 6.92 Å². The summed E-state index contributed by atoms with van der Waals surface area (Å²) >= 11 is 1.39. The fraction of sp³-hybridized carbons (Fsp3) is 0.556. The minimum Gasteiger partial charge on any atom is -0.480 e. The highest BCUT2D eigenvalue weighted by molar-refractivity contribution is 8.02. The second-order valence-corrected chi connectivity index (χ2v) is 5.51. The average molecular weight is 228 g/mol. The monoisotopic (exact) mass is 228 g/mol. The van der Waals surface area contributed by atoms with Crippen molar-refractivity contribution in [1.82, 2.24) is 4.90 Å². The maximum atomic E-state index is 11.5. The molecule has 0 aromatic rings. The Morgan fingerprint density at radius 3 is 2.87 bits per heavy atom. The number of nitrogens with two attached hydrogens (primary N) is 1. The van der Waals surface area contributed by atoms with Crippen molar-refractivity contribution in [3.8, 4) is 0 Å². The molecule has 2 saturated heterocycles. The molecule has 2 heterocycles. The molecule has 2 aliphatic heterocycles. The molecule has 2 fully saturated rings. The number of aliphatic carboxylic acids is 1. The largest absolute Gasteiger partial charge is 0.480 e.